The van der Waals surface area contributed by atoms with Gasteiger partial charge in [-0.2, -0.15) is 0 Å². The molecule has 3 aliphatic rings. The summed E-state index contributed by atoms with van der Waals surface area (Å²) in [6, 6.07) is 13.2. The number of aliphatic imine (C=N–C) groups is 1. The fourth-order valence-electron chi connectivity index (χ4n) is 4.66. The van der Waals surface area contributed by atoms with Crippen LogP contribution in [0.1, 0.15) is 43.4 Å². The quantitative estimate of drug-likeness (QED) is 0.762. The zero-order valence-electron chi connectivity index (χ0n) is 18.0. The Morgan fingerprint density at radius 2 is 2.00 bits per heavy atom. The van der Waals surface area contributed by atoms with Crippen molar-refractivity contribution in [2.75, 3.05) is 26.5 Å². The number of carbonyl (C=O) groups is 1. The Morgan fingerprint density at radius 1 is 1.22 bits per heavy atom. The average Bonchev–Trinajstić information content (AvgIpc) is 3.28. The number of amides is 1. The first kappa shape index (κ1) is 20.6. The van der Waals surface area contributed by atoms with Crippen LogP contribution in [0.3, 0.4) is 0 Å². The third-order valence-corrected chi connectivity index (χ3v) is 6.32. The lowest BCUT2D eigenvalue weighted by Crippen LogP contribution is -2.56. The number of piperidine rings is 1. The van der Waals surface area contributed by atoms with Gasteiger partial charge in [0.25, 0.3) is 0 Å². The molecule has 0 bridgehead atoms. The zero-order chi connectivity index (χ0) is 22.1. The van der Waals surface area contributed by atoms with Crippen LogP contribution in [0.5, 0.6) is 17.2 Å². The second kappa shape index (κ2) is 8.35. The maximum atomic E-state index is 12.2. The molecule has 8 nitrogen and oxygen atoms in total. The molecule has 168 valence electrons. The average molecular weight is 437 g/mol. The molecular weight excluding hydrogens is 410 g/mol. The number of benzene rings is 2. The summed E-state index contributed by atoms with van der Waals surface area (Å²) in [6.07, 6.45) is 1.66. The molecule has 0 aromatic heterocycles. The normalized spacial score (nSPS) is 21.3. The molecule has 3 aliphatic heterocycles. The van der Waals surface area contributed by atoms with Crippen molar-refractivity contribution in [2.24, 2.45) is 4.99 Å². The molecule has 0 unspecified atom stereocenters. The van der Waals surface area contributed by atoms with Gasteiger partial charge in [-0.3, -0.25) is 10.3 Å². The van der Waals surface area contributed by atoms with Gasteiger partial charge in [0, 0.05) is 49.7 Å². The molecule has 2 N–H and O–H groups in total. The van der Waals surface area contributed by atoms with Crippen molar-refractivity contribution >= 4 is 11.8 Å². The third-order valence-electron chi connectivity index (χ3n) is 6.32. The number of phenols is 1. The van der Waals surface area contributed by atoms with E-state index in [0.717, 1.165) is 22.6 Å². The summed E-state index contributed by atoms with van der Waals surface area (Å²) in [7, 11) is 0. The van der Waals surface area contributed by atoms with Gasteiger partial charge in [-0.15, -0.1) is 0 Å². The van der Waals surface area contributed by atoms with E-state index in [9.17, 15) is 9.90 Å². The molecule has 0 radical (unpaired) electrons. The Balaban J connectivity index is 1.47. The van der Waals surface area contributed by atoms with E-state index in [-0.39, 0.29) is 24.7 Å². The number of nitrogens with zero attached hydrogens (tertiary/aromatic N) is 2. The van der Waals surface area contributed by atoms with Crippen LogP contribution in [0.4, 0.5) is 4.79 Å². The Hall–Kier alpha value is -3.26. The van der Waals surface area contributed by atoms with E-state index in [4.69, 9.17) is 19.2 Å². The van der Waals surface area contributed by atoms with Gasteiger partial charge in [-0.25, -0.2) is 4.79 Å². The molecule has 3 heterocycles. The highest BCUT2D eigenvalue weighted by molar-refractivity contribution is 6.02. The number of fused-ring (bicyclic) bond motifs is 1. The van der Waals surface area contributed by atoms with Crippen LogP contribution in [-0.2, 0) is 4.74 Å². The van der Waals surface area contributed by atoms with Crippen molar-refractivity contribution in [1.29, 1.82) is 0 Å². The molecule has 1 atom stereocenters. The Morgan fingerprint density at radius 3 is 2.78 bits per heavy atom. The Labute approximate surface area is 186 Å². The van der Waals surface area contributed by atoms with Crippen LogP contribution in [0, 0.1) is 0 Å². The van der Waals surface area contributed by atoms with Crippen LogP contribution >= 0.6 is 0 Å². The minimum atomic E-state index is -0.528. The first-order valence-electron chi connectivity index (χ1n) is 11.0. The molecule has 2 aromatic carbocycles. The van der Waals surface area contributed by atoms with Gasteiger partial charge in [-0.1, -0.05) is 18.2 Å². The molecule has 32 heavy (non-hydrogen) atoms. The number of hydrogen-bond acceptors (Lipinski definition) is 7. The first-order chi connectivity index (χ1) is 15.6. The fourth-order valence-corrected chi connectivity index (χ4v) is 4.66. The molecule has 0 aliphatic carbocycles. The van der Waals surface area contributed by atoms with E-state index in [1.54, 1.807) is 11.0 Å². The largest absolute Gasteiger partial charge is 0.508 e. The molecule has 5 rings (SSSR count). The Kier molecular flexibility index (Phi) is 5.38. The van der Waals surface area contributed by atoms with Crippen molar-refractivity contribution < 1.29 is 24.1 Å². The van der Waals surface area contributed by atoms with Crippen LogP contribution < -0.4 is 14.8 Å². The van der Waals surface area contributed by atoms with E-state index < -0.39 is 5.66 Å². The number of rotatable bonds is 3. The summed E-state index contributed by atoms with van der Waals surface area (Å²) < 4.78 is 16.2. The zero-order valence-corrected chi connectivity index (χ0v) is 18.0. The maximum Gasteiger partial charge on any atom is 0.409 e. The summed E-state index contributed by atoms with van der Waals surface area (Å²) in [6.45, 7) is 3.50. The van der Waals surface area contributed by atoms with Gasteiger partial charge < -0.3 is 24.2 Å². The van der Waals surface area contributed by atoms with E-state index in [2.05, 4.69) is 5.32 Å². The van der Waals surface area contributed by atoms with Crippen molar-refractivity contribution in [2.45, 2.75) is 37.9 Å². The van der Waals surface area contributed by atoms with Crippen LogP contribution in [0.25, 0.3) is 0 Å². The lowest BCUT2D eigenvalue weighted by molar-refractivity contribution is 0.0778. The smallest absolute Gasteiger partial charge is 0.409 e. The Bertz CT molecular complexity index is 1050. The minimum absolute atomic E-state index is 0.108. The van der Waals surface area contributed by atoms with Crippen LogP contribution in [0.2, 0.25) is 0 Å². The molecule has 2 aromatic rings. The second-order valence-corrected chi connectivity index (χ2v) is 8.30. The lowest BCUT2D eigenvalue weighted by atomic mass is 9.87. The first-order valence-corrected chi connectivity index (χ1v) is 11.0. The van der Waals surface area contributed by atoms with Gasteiger partial charge in [0.1, 0.15) is 11.4 Å². The summed E-state index contributed by atoms with van der Waals surface area (Å²) in [5, 5.41) is 14.2. The van der Waals surface area contributed by atoms with Crippen molar-refractivity contribution in [3.8, 4) is 17.2 Å². The van der Waals surface area contributed by atoms with Crippen LogP contribution in [0.15, 0.2) is 47.5 Å². The third kappa shape index (κ3) is 3.86. The van der Waals surface area contributed by atoms with Gasteiger partial charge in [-0.05, 0) is 36.8 Å². The molecular formula is C24H27N3O5. The number of ether oxygens (including phenoxy) is 3. The van der Waals surface area contributed by atoms with Gasteiger partial charge in [0.15, 0.2) is 11.5 Å². The molecule has 1 saturated heterocycles. The molecule has 0 saturated carbocycles. The number of hydrogen-bond donors (Lipinski definition) is 2. The van der Waals surface area contributed by atoms with Crippen molar-refractivity contribution in [3.63, 3.8) is 0 Å². The van der Waals surface area contributed by atoms with Gasteiger partial charge in [0.2, 0.25) is 6.79 Å². The maximum absolute atomic E-state index is 12.2. The lowest BCUT2D eigenvalue weighted by Gasteiger charge is -2.45. The molecule has 1 fully saturated rings. The fraction of sp³-hybridized carbons (Fsp3) is 0.417. The number of para-hydroxylation sites is 1. The number of phenolic OH excluding ortho intramolecular Hbond substituents is 1. The van der Waals surface area contributed by atoms with E-state index in [1.165, 1.54) is 0 Å². The van der Waals surface area contributed by atoms with Gasteiger partial charge >= 0.3 is 6.09 Å². The van der Waals surface area contributed by atoms with Crippen molar-refractivity contribution in [3.05, 3.63) is 53.6 Å². The van der Waals surface area contributed by atoms with E-state index >= 15 is 0 Å². The minimum Gasteiger partial charge on any atom is -0.508 e. The van der Waals surface area contributed by atoms with E-state index in [1.807, 2.05) is 43.3 Å². The highest BCUT2D eigenvalue weighted by Gasteiger charge is 2.41. The monoisotopic (exact) mass is 437 g/mol. The summed E-state index contributed by atoms with van der Waals surface area (Å²) >= 11 is 0. The molecule has 1 amide bonds. The highest BCUT2D eigenvalue weighted by atomic mass is 16.7. The van der Waals surface area contributed by atoms with E-state index in [0.29, 0.717) is 44.7 Å². The molecule has 8 heteroatoms. The molecule has 1 spiro atoms. The summed E-state index contributed by atoms with van der Waals surface area (Å²) in [4.78, 5) is 19.1. The summed E-state index contributed by atoms with van der Waals surface area (Å²) in [5.41, 5.74) is 2.23. The summed E-state index contributed by atoms with van der Waals surface area (Å²) in [5.74, 6) is 1.71. The topological polar surface area (TPSA) is 92.6 Å². The van der Waals surface area contributed by atoms with Crippen molar-refractivity contribution in [1.82, 2.24) is 10.2 Å². The second-order valence-electron chi connectivity index (χ2n) is 8.30. The number of nitrogens with one attached hydrogen (secondary N) is 1. The van der Waals surface area contributed by atoms with Gasteiger partial charge in [0.05, 0.1) is 6.61 Å². The number of carbonyl (C=O) groups excluding carboxylic acids is 1. The highest BCUT2D eigenvalue weighted by Crippen LogP contribution is 2.39. The standard InChI is InChI=1S/C24H27N3O5/c1-2-30-23(29)27-11-9-24(10-12-27)25-18(16-7-8-21-22(13-16)32-15-31-21)14-19(26-24)17-5-3-4-6-20(17)28/h3-8,13,19,26,28H,2,9-12,14-15H2,1H3/t19-/m1/s1. The SMILES string of the molecule is CCOC(=O)N1CCC2(CC1)N=C(c1ccc3c(c1)OCO3)C[C@H](c1ccccc1O)N2. The van der Waals surface area contributed by atoms with Crippen LogP contribution in [-0.4, -0.2) is 54.0 Å². The predicted octanol–water partition coefficient (Wildman–Crippen LogP) is 3.59. The number of likely N-dealkylation sites (tertiary alicyclic amines) is 1. The number of aromatic hydroxyl groups is 1. The predicted molar refractivity (Wildman–Crippen MR) is 118 cm³/mol.